The zero-order valence-electron chi connectivity index (χ0n) is 7.52. The Bertz CT molecular complexity index is 117. The van der Waals surface area contributed by atoms with Gasteiger partial charge in [-0.05, 0) is 18.4 Å². The quantitative estimate of drug-likeness (QED) is 0.658. The van der Waals surface area contributed by atoms with Crippen LogP contribution in [0.3, 0.4) is 0 Å². The van der Waals surface area contributed by atoms with Crippen LogP contribution in [0.15, 0.2) is 0 Å². The average Bonchev–Trinajstić information content (AvgIpc) is 1.87. The zero-order valence-corrected chi connectivity index (χ0v) is 8.33. The minimum absolute atomic E-state index is 0. The van der Waals surface area contributed by atoms with E-state index in [1.54, 1.807) is 7.11 Å². The molecule has 11 heavy (non-hydrogen) atoms. The van der Waals surface area contributed by atoms with Crippen LogP contribution in [0.25, 0.3) is 0 Å². The Morgan fingerprint density at radius 3 is 2.45 bits per heavy atom. The van der Waals surface area contributed by atoms with E-state index in [0.29, 0.717) is 11.5 Å². The number of hydrogen-bond donors (Lipinski definition) is 1. The maximum atomic E-state index is 5.34. The van der Waals surface area contributed by atoms with Crippen LogP contribution in [-0.2, 0) is 4.74 Å². The number of rotatable bonds is 1. The molecule has 1 unspecified atom stereocenters. The minimum Gasteiger partial charge on any atom is -0.380 e. The van der Waals surface area contributed by atoms with Gasteiger partial charge >= 0.3 is 0 Å². The Labute approximate surface area is 75.1 Å². The van der Waals surface area contributed by atoms with Crippen LogP contribution in [-0.4, -0.2) is 26.3 Å². The summed E-state index contributed by atoms with van der Waals surface area (Å²) in [4.78, 5) is 0. The number of hydrogen-bond acceptors (Lipinski definition) is 2. The molecule has 0 bridgehead atoms. The van der Waals surface area contributed by atoms with Crippen LogP contribution in [0.2, 0.25) is 0 Å². The number of nitrogens with one attached hydrogen (secondary N) is 1. The fourth-order valence-corrected chi connectivity index (χ4v) is 1.48. The molecule has 1 atom stereocenters. The van der Waals surface area contributed by atoms with Gasteiger partial charge in [0.05, 0.1) is 6.10 Å². The van der Waals surface area contributed by atoms with Gasteiger partial charge in [-0.15, -0.1) is 12.4 Å². The molecule has 0 aliphatic carbocycles. The summed E-state index contributed by atoms with van der Waals surface area (Å²) in [5.74, 6) is 0. The predicted molar refractivity (Wildman–Crippen MR) is 49.3 cm³/mol. The van der Waals surface area contributed by atoms with Crippen LogP contribution < -0.4 is 5.32 Å². The van der Waals surface area contributed by atoms with Gasteiger partial charge in [0.1, 0.15) is 0 Å². The summed E-state index contributed by atoms with van der Waals surface area (Å²) in [6, 6.07) is 0. The van der Waals surface area contributed by atoms with Crippen molar-refractivity contribution in [2.75, 3.05) is 20.2 Å². The lowest BCUT2D eigenvalue weighted by atomic mass is 9.81. The lowest BCUT2D eigenvalue weighted by Gasteiger charge is -2.37. The van der Waals surface area contributed by atoms with E-state index in [4.69, 9.17) is 4.74 Å². The number of methoxy groups -OCH3 is 1. The molecule has 1 aliphatic heterocycles. The Morgan fingerprint density at radius 2 is 2.09 bits per heavy atom. The first-order valence-corrected chi connectivity index (χ1v) is 3.90. The molecule has 1 rings (SSSR count). The van der Waals surface area contributed by atoms with Crippen LogP contribution >= 0.6 is 12.4 Å². The highest BCUT2D eigenvalue weighted by Gasteiger charge is 2.31. The monoisotopic (exact) mass is 179 g/mol. The van der Waals surface area contributed by atoms with Crippen LogP contribution in [0.5, 0.6) is 0 Å². The minimum atomic E-state index is 0. The molecule has 0 aromatic heterocycles. The third-order valence-electron chi connectivity index (χ3n) is 2.43. The first kappa shape index (κ1) is 11.2. The lowest BCUT2D eigenvalue weighted by molar-refractivity contribution is -0.0122. The molecule has 2 nitrogen and oxygen atoms in total. The Morgan fingerprint density at radius 1 is 1.45 bits per heavy atom. The van der Waals surface area contributed by atoms with Gasteiger partial charge in [-0.2, -0.15) is 0 Å². The van der Waals surface area contributed by atoms with Gasteiger partial charge < -0.3 is 10.1 Å². The summed E-state index contributed by atoms with van der Waals surface area (Å²) < 4.78 is 5.34. The molecule has 1 heterocycles. The first-order chi connectivity index (χ1) is 4.67. The molecular formula is C8H18ClNO. The summed E-state index contributed by atoms with van der Waals surface area (Å²) in [5, 5.41) is 3.32. The summed E-state index contributed by atoms with van der Waals surface area (Å²) in [6.45, 7) is 6.67. The van der Waals surface area contributed by atoms with Gasteiger partial charge in [0.2, 0.25) is 0 Å². The summed E-state index contributed by atoms with van der Waals surface area (Å²) in [5.41, 5.74) is 0.361. The largest absolute Gasteiger partial charge is 0.380 e. The van der Waals surface area contributed by atoms with Crippen molar-refractivity contribution in [1.29, 1.82) is 0 Å². The Kier molecular flexibility index (Phi) is 4.37. The topological polar surface area (TPSA) is 21.3 Å². The molecule has 68 valence electrons. The molecule has 0 radical (unpaired) electrons. The summed E-state index contributed by atoms with van der Waals surface area (Å²) >= 11 is 0. The number of piperidine rings is 1. The normalized spacial score (nSPS) is 29.2. The summed E-state index contributed by atoms with van der Waals surface area (Å²) in [7, 11) is 1.79. The molecule has 0 amide bonds. The molecule has 1 saturated heterocycles. The average molecular weight is 180 g/mol. The van der Waals surface area contributed by atoms with E-state index in [1.807, 2.05) is 0 Å². The highest BCUT2D eigenvalue weighted by molar-refractivity contribution is 5.85. The van der Waals surface area contributed by atoms with Crippen molar-refractivity contribution in [3.8, 4) is 0 Å². The van der Waals surface area contributed by atoms with Crippen molar-refractivity contribution in [3.63, 3.8) is 0 Å². The van der Waals surface area contributed by atoms with E-state index in [1.165, 1.54) is 6.42 Å². The third kappa shape index (κ3) is 2.62. The van der Waals surface area contributed by atoms with Crippen molar-refractivity contribution in [3.05, 3.63) is 0 Å². The maximum Gasteiger partial charge on any atom is 0.0746 e. The van der Waals surface area contributed by atoms with Crippen LogP contribution in [0, 0.1) is 5.41 Å². The van der Waals surface area contributed by atoms with E-state index in [0.717, 1.165) is 13.1 Å². The smallest absolute Gasteiger partial charge is 0.0746 e. The molecular weight excluding hydrogens is 162 g/mol. The van der Waals surface area contributed by atoms with Gasteiger partial charge in [0.15, 0.2) is 0 Å². The highest BCUT2D eigenvalue weighted by Crippen LogP contribution is 2.28. The standard InChI is InChI=1S/C8H17NO.ClH/c1-8(2)4-5-9-6-7(8)10-3;/h7,9H,4-6H2,1-3H3;1H. The van der Waals surface area contributed by atoms with Crippen molar-refractivity contribution < 1.29 is 4.74 Å². The fraction of sp³-hybridized carbons (Fsp3) is 1.00. The van der Waals surface area contributed by atoms with Crippen molar-refractivity contribution in [2.45, 2.75) is 26.4 Å². The van der Waals surface area contributed by atoms with Crippen molar-refractivity contribution >= 4 is 12.4 Å². The van der Waals surface area contributed by atoms with E-state index in [-0.39, 0.29) is 12.4 Å². The highest BCUT2D eigenvalue weighted by atomic mass is 35.5. The molecule has 3 heteroatoms. The zero-order chi connectivity index (χ0) is 7.61. The van der Waals surface area contributed by atoms with Crippen LogP contribution in [0.1, 0.15) is 20.3 Å². The van der Waals surface area contributed by atoms with Crippen LogP contribution in [0.4, 0.5) is 0 Å². The van der Waals surface area contributed by atoms with E-state index in [9.17, 15) is 0 Å². The molecule has 0 spiro atoms. The molecule has 0 aromatic rings. The SMILES string of the molecule is COC1CNCCC1(C)C.Cl. The van der Waals surface area contributed by atoms with Crippen molar-refractivity contribution in [1.82, 2.24) is 5.32 Å². The van der Waals surface area contributed by atoms with Gasteiger partial charge in [-0.25, -0.2) is 0 Å². The number of halogens is 1. The predicted octanol–water partition coefficient (Wildman–Crippen LogP) is 1.44. The van der Waals surface area contributed by atoms with Gasteiger partial charge in [-0.3, -0.25) is 0 Å². The van der Waals surface area contributed by atoms with Crippen molar-refractivity contribution in [2.24, 2.45) is 5.41 Å². The summed E-state index contributed by atoms with van der Waals surface area (Å²) in [6.07, 6.45) is 1.60. The molecule has 0 saturated carbocycles. The van der Waals surface area contributed by atoms with Gasteiger partial charge in [0, 0.05) is 13.7 Å². The second-order valence-electron chi connectivity index (χ2n) is 3.67. The van der Waals surface area contributed by atoms with E-state index in [2.05, 4.69) is 19.2 Å². The second kappa shape index (κ2) is 4.29. The molecule has 0 aromatic carbocycles. The van der Waals surface area contributed by atoms with Gasteiger partial charge in [-0.1, -0.05) is 13.8 Å². The maximum absolute atomic E-state index is 5.34. The molecule has 1 fully saturated rings. The Balaban J connectivity index is 0.000001000. The first-order valence-electron chi connectivity index (χ1n) is 3.90. The van der Waals surface area contributed by atoms with E-state index < -0.39 is 0 Å². The Hall–Kier alpha value is 0.210. The van der Waals surface area contributed by atoms with E-state index >= 15 is 0 Å². The number of ether oxygens (including phenoxy) is 1. The lowest BCUT2D eigenvalue weighted by Crippen LogP contribution is -2.46. The fourth-order valence-electron chi connectivity index (χ4n) is 1.48. The third-order valence-corrected chi connectivity index (χ3v) is 2.43. The molecule has 1 aliphatic rings. The molecule has 1 N–H and O–H groups in total. The second-order valence-corrected chi connectivity index (χ2v) is 3.67. The van der Waals surface area contributed by atoms with Gasteiger partial charge in [0.25, 0.3) is 0 Å².